The molecular formula is C7H14O6. The minimum atomic E-state index is -1.19. The molecule has 6 heteroatoms. The van der Waals surface area contributed by atoms with Crippen molar-refractivity contribution in [3.8, 4) is 0 Å². The summed E-state index contributed by atoms with van der Waals surface area (Å²) in [6.07, 6.45) is 1.83. The first-order valence-corrected chi connectivity index (χ1v) is 3.80. The van der Waals surface area contributed by atoms with Gasteiger partial charge in [0, 0.05) is 0 Å². The van der Waals surface area contributed by atoms with Crippen molar-refractivity contribution in [3.63, 3.8) is 0 Å². The van der Waals surface area contributed by atoms with E-state index < -0.39 is 18.4 Å². The van der Waals surface area contributed by atoms with Crippen LogP contribution in [0.4, 0.5) is 0 Å². The molecule has 0 aliphatic heterocycles. The van der Waals surface area contributed by atoms with Crippen LogP contribution in [0.15, 0.2) is 0 Å². The predicted molar refractivity (Wildman–Crippen MR) is 42.6 cm³/mol. The summed E-state index contributed by atoms with van der Waals surface area (Å²) in [5.74, 6) is -2.37. The fourth-order valence-corrected chi connectivity index (χ4v) is 0.182. The first-order chi connectivity index (χ1) is 6.12. The van der Waals surface area contributed by atoms with Gasteiger partial charge >= 0.3 is 11.9 Å². The van der Waals surface area contributed by atoms with Crippen molar-refractivity contribution in [3.05, 3.63) is 0 Å². The summed E-state index contributed by atoms with van der Waals surface area (Å²) in [4.78, 5) is 25.9. The molecule has 6 nitrogen and oxygen atoms in total. The third-order valence-corrected chi connectivity index (χ3v) is 0.992. The van der Waals surface area contributed by atoms with E-state index >= 15 is 0 Å². The van der Waals surface area contributed by atoms with Crippen LogP contribution in [-0.2, 0) is 19.4 Å². The van der Waals surface area contributed by atoms with Gasteiger partial charge in [-0.05, 0) is 0 Å². The molecule has 0 aliphatic rings. The zero-order valence-electron chi connectivity index (χ0n) is 7.65. The van der Waals surface area contributed by atoms with Gasteiger partial charge in [0.25, 0.3) is 0 Å². The number of carbonyl (C=O) groups is 2. The SMILES string of the molecule is CCCC.O=C(CC(=O)OO)OO. The minimum absolute atomic E-state index is 0.813. The van der Waals surface area contributed by atoms with Crippen LogP contribution in [0.2, 0.25) is 0 Å². The lowest BCUT2D eigenvalue weighted by Crippen LogP contribution is -2.10. The van der Waals surface area contributed by atoms with E-state index in [0.717, 1.165) is 0 Å². The molecule has 0 aromatic carbocycles. The zero-order chi connectivity index (χ0) is 10.7. The maximum absolute atomic E-state index is 9.90. The molecule has 0 saturated heterocycles. The van der Waals surface area contributed by atoms with E-state index in [-0.39, 0.29) is 0 Å². The van der Waals surface area contributed by atoms with Crippen molar-refractivity contribution in [1.82, 2.24) is 0 Å². The molecule has 0 saturated carbocycles. The van der Waals surface area contributed by atoms with Crippen molar-refractivity contribution < 1.29 is 29.9 Å². The van der Waals surface area contributed by atoms with Crippen molar-refractivity contribution in [2.24, 2.45) is 0 Å². The minimum Gasteiger partial charge on any atom is -0.300 e. The quantitative estimate of drug-likeness (QED) is 0.398. The lowest BCUT2D eigenvalue weighted by molar-refractivity contribution is -0.247. The Morgan fingerprint density at radius 2 is 1.31 bits per heavy atom. The van der Waals surface area contributed by atoms with Crippen molar-refractivity contribution in [1.29, 1.82) is 0 Å². The summed E-state index contributed by atoms with van der Waals surface area (Å²) in [5, 5.41) is 15.1. The average Bonchev–Trinajstić information content (AvgIpc) is 2.17. The summed E-state index contributed by atoms with van der Waals surface area (Å²) in [6.45, 7) is 4.36. The highest BCUT2D eigenvalue weighted by Crippen LogP contribution is 1.85. The Labute approximate surface area is 75.9 Å². The topological polar surface area (TPSA) is 93.1 Å². The van der Waals surface area contributed by atoms with Crippen LogP contribution in [0.3, 0.4) is 0 Å². The number of unbranched alkanes of at least 4 members (excludes halogenated alkanes) is 1. The second-order valence-corrected chi connectivity index (χ2v) is 2.10. The fraction of sp³-hybridized carbons (Fsp3) is 0.714. The molecule has 13 heavy (non-hydrogen) atoms. The molecule has 0 rings (SSSR count). The van der Waals surface area contributed by atoms with Gasteiger partial charge in [-0.25, -0.2) is 9.59 Å². The van der Waals surface area contributed by atoms with Gasteiger partial charge in [-0.3, -0.25) is 0 Å². The van der Waals surface area contributed by atoms with Gasteiger partial charge in [-0.2, -0.15) is 10.5 Å². The van der Waals surface area contributed by atoms with Gasteiger partial charge in [-0.1, -0.05) is 26.7 Å². The van der Waals surface area contributed by atoms with Gasteiger partial charge in [0.15, 0.2) is 0 Å². The van der Waals surface area contributed by atoms with E-state index in [1.807, 2.05) is 0 Å². The summed E-state index contributed by atoms with van der Waals surface area (Å²) in [7, 11) is 0. The molecular weight excluding hydrogens is 180 g/mol. The van der Waals surface area contributed by atoms with Crippen LogP contribution in [0.1, 0.15) is 33.1 Å². The molecule has 0 atom stereocenters. The van der Waals surface area contributed by atoms with Gasteiger partial charge < -0.3 is 9.78 Å². The second-order valence-electron chi connectivity index (χ2n) is 2.10. The number of carbonyl (C=O) groups excluding carboxylic acids is 2. The molecule has 0 spiro atoms. The predicted octanol–water partition coefficient (Wildman–Crippen LogP) is 1.22. The van der Waals surface area contributed by atoms with Crippen LogP contribution in [0.5, 0.6) is 0 Å². The van der Waals surface area contributed by atoms with Crippen molar-refractivity contribution >= 4 is 11.9 Å². The number of hydrogen-bond acceptors (Lipinski definition) is 6. The van der Waals surface area contributed by atoms with Gasteiger partial charge in [0.1, 0.15) is 6.42 Å². The van der Waals surface area contributed by atoms with E-state index in [0.29, 0.717) is 0 Å². The maximum Gasteiger partial charge on any atom is 0.353 e. The van der Waals surface area contributed by atoms with Crippen LogP contribution in [-0.4, -0.2) is 22.5 Å². The molecule has 0 aromatic heterocycles. The molecule has 0 fully saturated rings. The summed E-state index contributed by atoms with van der Waals surface area (Å²) in [6, 6.07) is 0. The molecule has 0 aromatic rings. The third-order valence-electron chi connectivity index (χ3n) is 0.992. The Morgan fingerprint density at radius 3 is 1.46 bits per heavy atom. The number of hydrogen-bond donors (Lipinski definition) is 2. The third kappa shape index (κ3) is 13.8. The first kappa shape index (κ1) is 14.4. The summed E-state index contributed by atoms with van der Waals surface area (Å²) in [5.41, 5.74) is 0. The summed E-state index contributed by atoms with van der Waals surface area (Å²) >= 11 is 0. The monoisotopic (exact) mass is 194 g/mol. The zero-order valence-corrected chi connectivity index (χ0v) is 7.65. The largest absolute Gasteiger partial charge is 0.353 e. The molecule has 0 bridgehead atoms. The number of rotatable bonds is 3. The lowest BCUT2D eigenvalue weighted by atomic mass is 10.4. The van der Waals surface area contributed by atoms with E-state index in [1.54, 1.807) is 0 Å². The molecule has 0 amide bonds. The molecule has 0 unspecified atom stereocenters. The molecule has 0 aliphatic carbocycles. The molecule has 78 valence electrons. The van der Waals surface area contributed by atoms with E-state index in [4.69, 9.17) is 10.5 Å². The fourth-order valence-electron chi connectivity index (χ4n) is 0.182. The Morgan fingerprint density at radius 1 is 1.00 bits per heavy atom. The van der Waals surface area contributed by atoms with Crippen LogP contribution in [0.25, 0.3) is 0 Å². The Bertz CT molecular complexity index is 128. The Hall–Kier alpha value is -1.14. The van der Waals surface area contributed by atoms with Crippen LogP contribution < -0.4 is 0 Å². The highest BCUT2D eigenvalue weighted by Gasteiger charge is 2.10. The molecule has 0 radical (unpaired) electrons. The van der Waals surface area contributed by atoms with Gasteiger partial charge in [-0.15, -0.1) is 0 Å². The molecule has 0 heterocycles. The van der Waals surface area contributed by atoms with E-state index in [1.165, 1.54) is 12.8 Å². The van der Waals surface area contributed by atoms with Crippen LogP contribution >= 0.6 is 0 Å². The Balaban J connectivity index is 0. The lowest BCUT2D eigenvalue weighted by Gasteiger charge is -1.90. The highest BCUT2D eigenvalue weighted by molar-refractivity contribution is 5.90. The normalized spacial score (nSPS) is 8.00. The summed E-state index contributed by atoms with van der Waals surface area (Å²) < 4.78 is 0. The van der Waals surface area contributed by atoms with Gasteiger partial charge in [0.2, 0.25) is 0 Å². The van der Waals surface area contributed by atoms with Crippen LogP contribution in [0, 0.1) is 0 Å². The molecule has 2 N–H and O–H groups in total. The van der Waals surface area contributed by atoms with Crippen molar-refractivity contribution in [2.45, 2.75) is 33.1 Å². The highest BCUT2D eigenvalue weighted by atomic mass is 17.1. The maximum atomic E-state index is 9.90. The second kappa shape index (κ2) is 10.9. The van der Waals surface area contributed by atoms with E-state index in [2.05, 4.69) is 23.6 Å². The average molecular weight is 194 g/mol. The first-order valence-electron chi connectivity index (χ1n) is 3.80. The van der Waals surface area contributed by atoms with Gasteiger partial charge in [0.05, 0.1) is 0 Å². The Kier molecular flexibility index (Phi) is 12.0. The smallest absolute Gasteiger partial charge is 0.300 e. The van der Waals surface area contributed by atoms with Crippen molar-refractivity contribution in [2.75, 3.05) is 0 Å². The van der Waals surface area contributed by atoms with E-state index in [9.17, 15) is 9.59 Å². The standard InChI is InChI=1S/C4H10.C3H4O6/c1-3-4-2;4-2(8-6)1-3(5)9-7/h3-4H2,1-2H3;6-7H,1H2.